The van der Waals surface area contributed by atoms with E-state index in [2.05, 4.69) is 41.1 Å². The molecule has 0 bridgehead atoms. The molecule has 3 rings (SSSR count). The Hall–Kier alpha value is -2.33. The Morgan fingerprint density at radius 1 is 1.04 bits per heavy atom. The molecule has 0 atom stereocenters. The molecular weight excluding hydrogens is 348 g/mol. The van der Waals surface area contributed by atoms with Crippen LogP contribution < -0.4 is 4.74 Å². The third-order valence-corrected chi connectivity index (χ3v) is 5.51. The van der Waals surface area contributed by atoms with Gasteiger partial charge in [0.1, 0.15) is 5.75 Å². The minimum atomic E-state index is 0.200. The fourth-order valence-electron chi connectivity index (χ4n) is 3.71. The number of para-hydroxylation sites is 1. The van der Waals surface area contributed by atoms with Crippen LogP contribution in [0.3, 0.4) is 0 Å². The number of likely N-dealkylation sites (tertiary alicyclic amines) is 1. The van der Waals surface area contributed by atoms with E-state index in [1.165, 1.54) is 18.4 Å². The summed E-state index contributed by atoms with van der Waals surface area (Å²) in [5.41, 5.74) is 1.28. The minimum Gasteiger partial charge on any atom is -0.493 e. The molecule has 0 radical (unpaired) electrons. The standard InChI is InChI=1S/C24H32N2O2/c1-25-16-12-22(13-17-25)20-26(18-14-21-8-4-2-5-9-21)24(27)15-19-28-23-10-6-3-7-11-23/h2-11,22H,12-20H2,1H3. The quantitative estimate of drug-likeness (QED) is 0.662. The first-order valence-electron chi connectivity index (χ1n) is 10.4. The number of hydrogen-bond acceptors (Lipinski definition) is 3. The molecule has 0 spiro atoms. The van der Waals surface area contributed by atoms with E-state index in [4.69, 9.17) is 4.74 Å². The van der Waals surface area contributed by atoms with E-state index < -0.39 is 0 Å². The Labute approximate surface area is 169 Å². The van der Waals surface area contributed by atoms with Crippen molar-refractivity contribution in [3.05, 3.63) is 66.2 Å². The van der Waals surface area contributed by atoms with Gasteiger partial charge in [-0.25, -0.2) is 0 Å². The summed E-state index contributed by atoms with van der Waals surface area (Å²) >= 11 is 0. The highest BCUT2D eigenvalue weighted by atomic mass is 16.5. The van der Waals surface area contributed by atoms with Crippen LogP contribution in [0.2, 0.25) is 0 Å². The molecule has 1 amide bonds. The number of nitrogens with zero attached hydrogens (tertiary/aromatic N) is 2. The number of piperidine rings is 1. The molecule has 0 unspecified atom stereocenters. The molecule has 4 heteroatoms. The van der Waals surface area contributed by atoms with Gasteiger partial charge in [-0.1, -0.05) is 48.5 Å². The Balaban J connectivity index is 1.53. The van der Waals surface area contributed by atoms with Gasteiger partial charge in [-0.2, -0.15) is 0 Å². The molecule has 4 nitrogen and oxygen atoms in total. The van der Waals surface area contributed by atoms with E-state index in [1.54, 1.807) is 0 Å². The fraction of sp³-hybridized carbons (Fsp3) is 0.458. The zero-order valence-corrected chi connectivity index (χ0v) is 16.9. The van der Waals surface area contributed by atoms with Crippen LogP contribution in [-0.2, 0) is 11.2 Å². The van der Waals surface area contributed by atoms with Crippen molar-refractivity contribution in [1.82, 2.24) is 9.80 Å². The highest BCUT2D eigenvalue weighted by Crippen LogP contribution is 2.18. The van der Waals surface area contributed by atoms with Crippen molar-refractivity contribution < 1.29 is 9.53 Å². The van der Waals surface area contributed by atoms with Crippen molar-refractivity contribution in [2.24, 2.45) is 5.92 Å². The van der Waals surface area contributed by atoms with Crippen molar-refractivity contribution in [1.29, 1.82) is 0 Å². The highest BCUT2D eigenvalue weighted by Gasteiger charge is 2.22. The summed E-state index contributed by atoms with van der Waals surface area (Å²) < 4.78 is 5.74. The van der Waals surface area contributed by atoms with Crippen LogP contribution in [0.1, 0.15) is 24.8 Å². The summed E-state index contributed by atoms with van der Waals surface area (Å²) in [6.45, 7) is 4.33. The second kappa shape index (κ2) is 10.9. The Bertz CT molecular complexity index is 697. The van der Waals surface area contributed by atoms with Crippen LogP contribution >= 0.6 is 0 Å². The van der Waals surface area contributed by atoms with Gasteiger partial charge in [0.15, 0.2) is 0 Å². The fourth-order valence-corrected chi connectivity index (χ4v) is 3.71. The monoisotopic (exact) mass is 380 g/mol. The summed E-state index contributed by atoms with van der Waals surface area (Å²) in [6, 6.07) is 20.1. The van der Waals surface area contributed by atoms with Crippen LogP contribution in [-0.4, -0.2) is 55.5 Å². The summed E-state index contributed by atoms with van der Waals surface area (Å²) in [4.78, 5) is 17.4. The van der Waals surface area contributed by atoms with Crippen molar-refractivity contribution >= 4 is 5.91 Å². The van der Waals surface area contributed by atoms with Crippen molar-refractivity contribution in [2.45, 2.75) is 25.7 Å². The zero-order chi connectivity index (χ0) is 19.6. The van der Waals surface area contributed by atoms with Crippen LogP contribution in [0.25, 0.3) is 0 Å². The van der Waals surface area contributed by atoms with Gasteiger partial charge in [0.05, 0.1) is 13.0 Å². The van der Waals surface area contributed by atoms with E-state index in [0.717, 1.165) is 38.3 Å². The third-order valence-electron chi connectivity index (χ3n) is 5.51. The van der Waals surface area contributed by atoms with Gasteiger partial charge in [-0.3, -0.25) is 4.79 Å². The second-order valence-electron chi connectivity index (χ2n) is 7.73. The largest absolute Gasteiger partial charge is 0.493 e. The van der Waals surface area contributed by atoms with E-state index in [0.29, 0.717) is 18.9 Å². The van der Waals surface area contributed by atoms with Crippen LogP contribution in [0.5, 0.6) is 5.75 Å². The molecule has 0 aliphatic carbocycles. The summed E-state index contributed by atoms with van der Waals surface area (Å²) in [6.07, 6.45) is 3.67. The van der Waals surface area contributed by atoms with E-state index >= 15 is 0 Å². The lowest BCUT2D eigenvalue weighted by atomic mass is 9.96. The summed E-state index contributed by atoms with van der Waals surface area (Å²) in [5.74, 6) is 1.62. The molecule has 1 aliphatic heterocycles. The van der Waals surface area contributed by atoms with Crippen LogP contribution in [0, 0.1) is 5.92 Å². The smallest absolute Gasteiger partial charge is 0.226 e. The molecule has 1 saturated heterocycles. The number of benzene rings is 2. The normalized spacial score (nSPS) is 15.3. The maximum absolute atomic E-state index is 12.9. The van der Waals surface area contributed by atoms with Crippen LogP contribution in [0.15, 0.2) is 60.7 Å². The Morgan fingerprint density at radius 3 is 2.36 bits per heavy atom. The van der Waals surface area contributed by atoms with Gasteiger partial charge < -0.3 is 14.5 Å². The first-order valence-corrected chi connectivity index (χ1v) is 10.4. The van der Waals surface area contributed by atoms with E-state index in [9.17, 15) is 4.79 Å². The predicted molar refractivity (Wildman–Crippen MR) is 114 cm³/mol. The molecule has 1 aliphatic rings. The summed E-state index contributed by atoms with van der Waals surface area (Å²) in [7, 11) is 2.18. The minimum absolute atomic E-state index is 0.200. The molecule has 0 N–H and O–H groups in total. The topological polar surface area (TPSA) is 32.8 Å². The summed E-state index contributed by atoms with van der Waals surface area (Å²) in [5, 5.41) is 0. The number of rotatable bonds is 9. The van der Waals surface area contributed by atoms with Gasteiger partial charge in [0, 0.05) is 13.1 Å². The average molecular weight is 381 g/mol. The van der Waals surface area contributed by atoms with E-state index in [1.807, 2.05) is 36.4 Å². The van der Waals surface area contributed by atoms with Crippen molar-refractivity contribution in [2.75, 3.05) is 39.8 Å². The maximum atomic E-state index is 12.9. The first-order chi connectivity index (χ1) is 13.7. The molecule has 0 aromatic heterocycles. The van der Waals surface area contributed by atoms with Crippen molar-refractivity contribution in [3.8, 4) is 5.75 Å². The molecule has 1 heterocycles. The van der Waals surface area contributed by atoms with E-state index in [-0.39, 0.29) is 5.91 Å². The molecule has 1 fully saturated rings. The molecule has 28 heavy (non-hydrogen) atoms. The van der Waals surface area contributed by atoms with Gasteiger partial charge in [-0.15, -0.1) is 0 Å². The number of carbonyl (C=O) groups is 1. The number of hydrogen-bond donors (Lipinski definition) is 0. The Morgan fingerprint density at radius 2 is 1.68 bits per heavy atom. The molecule has 2 aromatic rings. The molecule has 150 valence electrons. The maximum Gasteiger partial charge on any atom is 0.226 e. The van der Waals surface area contributed by atoms with Gasteiger partial charge in [0.25, 0.3) is 0 Å². The predicted octanol–water partition coefficient (Wildman–Crippen LogP) is 3.87. The SMILES string of the molecule is CN1CCC(CN(CCc2ccccc2)C(=O)CCOc2ccccc2)CC1. The third kappa shape index (κ3) is 6.68. The first kappa shape index (κ1) is 20.4. The lowest BCUT2D eigenvalue weighted by Gasteiger charge is -2.33. The van der Waals surface area contributed by atoms with Gasteiger partial charge in [0.2, 0.25) is 5.91 Å². The molecular formula is C24H32N2O2. The molecule has 2 aromatic carbocycles. The van der Waals surface area contributed by atoms with Gasteiger partial charge >= 0.3 is 0 Å². The lowest BCUT2D eigenvalue weighted by Crippen LogP contribution is -2.41. The van der Waals surface area contributed by atoms with Crippen molar-refractivity contribution in [3.63, 3.8) is 0 Å². The number of carbonyl (C=O) groups excluding carboxylic acids is 1. The van der Waals surface area contributed by atoms with Gasteiger partial charge in [-0.05, 0) is 63.0 Å². The lowest BCUT2D eigenvalue weighted by molar-refractivity contribution is -0.132. The highest BCUT2D eigenvalue weighted by molar-refractivity contribution is 5.76. The molecule has 0 saturated carbocycles. The number of ether oxygens (including phenoxy) is 1. The zero-order valence-electron chi connectivity index (χ0n) is 16.9. The van der Waals surface area contributed by atoms with Crippen LogP contribution in [0.4, 0.5) is 0 Å². The average Bonchev–Trinajstić information content (AvgIpc) is 2.74. The Kier molecular flexibility index (Phi) is 7.92. The number of amides is 1. The second-order valence-corrected chi connectivity index (χ2v) is 7.73.